The number of halogens is 1. The molecule has 0 radical (unpaired) electrons. The van der Waals surface area contributed by atoms with Crippen LogP contribution in [0.1, 0.15) is 26.3 Å². The van der Waals surface area contributed by atoms with E-state index < -0.39 is 11.7 Å². The highest BCUT2D eigenvalue weighted by Crippen LogP contribution is 2.23. The monoisotopic (exact) mass is 551 g/mol. The van der Waals surface area contributed by atoms with E-state index in [9.17, 15) is 9.59 Å². The van der Waals surface area contributed by atoms with Crippen LogP contribution in [0.3, 0.4) is 0 Å². The van der Waals surface area contributed by atoms with Gasteiger partial charge >= 0.3 is 6.09 Å². The fourth-order valence-corrected chi connectivity index (χ4v) is 4.36. The number of amides is 2. The van der Waals surface area contributed by atoms with Crippen LogP contribution >= 0.6 is 11.6 Å². The van der Waals surface area contributed by atoms with E-state index in [2.05, 4.69) is 30.1 Å². The first-order valence-electron chi connectivity index (χ1n) is 12.8. The highest BCUT2D eigenvalue weighted by molar-refractivity contribution is 6.29. The first kappa shape index (κ1) is 28.1. The van der Waals surface area contributed by atoms with Crippen molar-refractivity contribution < 1.29 is 14.3 Å². The summed E-state index contributed by atoms with van der Waals surface area (Å²) in [5, 5.41) is 3.00. The van der Waals surface area contributed by atoms with E-state index in [1.54, 1.807) is 38.9 Å². The molecule has 4 rings (SSSR count). The molecule has 1 aromatic carbocycles. The third-order valence-corrected chi connectivity index (χ3v) is 6.37. The molecule has 0 spiro atoms. The number of nitrogens with zero attached hydrogens (tertiary/aromatic N) is 6. The van der Waals surface area contributed by atoms with E-state index >= 15 is 0 Å². The number of benzene rings is 1. The van der Waals surface area contributed by atoms with Crippen LogP contribution in [0, 0.1) is 0 Å². The third kappa shape index (κ3) is 8.03. The highest BCUT2D eigenvalue weighted by Gasteiger charge is 2.20. The number of anilines is 2. The Morgan fingerprint density at radius 3 is 2.36 bits per heavy atom. The topological polar surface area (TPSA) is 104 Å². The van der Waals surface area contributed by atoms with Gasteiger partial charge in [-0.15, -0.1) is 0 Å². The number of alkyl carbamates (subject to hydrolysis) is 1. The number of piperazine rings is 1. The van der Waals surface area contributed by atoms with Crippen LogP contribution in [0.25, 0.3) is 11.1 Å². The predicted octanol–water partition coefficient (Wildman–Crippen LogP) is 4.00. The lowest BCUT2D eigenvalue weighted by Gasteiger charge is -2.36. The Hall–Kier alpha value is -3.92. The molecule has 2 amide bonds. The number of carbonyl (C=O) groups is 2. The summed E-state index contributed by atoms with van der Waals surface area (Å²) < 4.78 is 5.18. The Kier molecular flexibility index (Phi) is 8.86. The second kappa shape index (κ2) is 12.3. The van der Waals surface area contributed by atoms with Crippen LogP contribution < -0.4 is 15.1 Å². The van der Waals surface area contributed by atoms with Gasteiger partial charge in [-0.1, -0.05) is 29.8 Å². The first-order chi connectivity index (χ1) is 18.6. The van der Waals surface area contributed by atoms with E-state index in [1.807, 2.05) is 48.8 Å². The molecule has 0 bridgehead atoms. The van der Waals surface area contributed by atoms with Crippen molar-refractivity contribution in [2.45, 2.75) is 32.9 Å². The molecule has 3 heterocycles. The maximum atomic E-state index is 12.5. The molecular formula is C28H34ClN7O3. The van der Waals surface area contributed by atoms with E-state index in [-0.39, 0.29) is 12.5 Å². The maximum Gasteiger partial charge on any atom is 0.408 e. The lowest BCUT2D eigenvalue weighted by atomic mass is 10.1. The van der Waals surface area contributed by atoms with E-state index in [4.69, 9.17) is 16.3 Å². The number of carbonyl (C=O) groups excluding carboxylic acids is 2. The zero-order valence-corrected chi connectivity index (χ0v) is 23.5. The third-order valence-electron chi connectivity index (χ3n) is 6.16. The average molecular weight is 552 g/mol. The number of pyridine rings is 1. The zero-order chi connectivity index (χ0) is 28.0. The van der Waals surface area contributed by atoms with Gasteiger partial charge in [0.15, 0.2) is 0 Å². The molecule has 2 aromatic heterocycles. The molecule has 1 aliphatic heterocycles. The Morgan fingerprint density at radius 1 is 1.00 bits per heavy atom. The molecule has 3 aromatic rings. The van der Waals surface area contributed by atoms with E-state index in [0.717, 1.165) is 48.6 Å². The molecule has 0 saturated carbocycles. The van der Waals surface area contributed by atoms with Gasteiger partial charge in [-0.3, -0.25) is 4.79 Å². The van der Waals surface area contributed by atoms with Gasteiger partial charge in [-0.2, -0.15) is 0 Å². The Balaban J connectivity index is 1.31. The normalized spacial score (nSPS) is 13.7. The molecule has 1 N–H and O–H groups in total. The number of ether oxygens (including phenoxy) is 1. The van der Waals surface area contributed by atoms with E-state index in [1.165, 1.54) is 0 Å². The summed E-state index contributed by atoms with van der Waals surface area (Å²) in [4.78, 5) is 43.6. The fraction of sp³-hybridized carbons (Fsp3) is 0.393. The van der Waals surface area contributed by atoms with Crippen molar-refractivity contribution in [1.29, 1.82) is 0 Å². The Labute approximate surface area is 234 Å². The minimum atomic E-state index is -0.619. The summed E-state index contributed by atoms with van der Waals surface area (Å²) in [5.41, 5.74) is 3.26. The first-order valence-corrected chi connectivity index (χ1v) is 13.2. The summed E-state index contributed by atoms with van der Waals surface area (Å²) in [6, 6.07) is 11.8. The van der Waals surface area contributed by atoms with Gasteiger partial charge < -0.3 is 24.8 Å². The molecule has 10 nitrogen and oxygen atoms in total. The summed E-state index contributed by atoms with van der Waals surface area (Å²) in [6.45, 7) is 8.87. The number of hydrogen-bond donors (Lipinski definition) is 1. The molecule has 0 unspecified atom stereocenters. The number of likely N-dealkylation sites (N-methyl/N-ethyl adjacent to an activating group) is 1. The number of hydrogen-bond acceptors (Lipinski definition) is 8. The van der Waals surface area contributed by atoms with Gasteiger partial charge in [-0.25, -0.2) is 19.7 Å². The molecule has 1 fully saturated rings. The predicted molar refractivity (Wildman–Crippen MR) is 152 cm³/mol. The van der Waals surface area contributed by atoms with Crippen molar-refractivity contribution in [3.8, 4) is 11.1 Å². The Morgan fingerprint density at radius 2 is 1.69 bits per heavy atom. The van der Waals surface area contributed by atoms with Crippen molar-refractivity contribution >= 4 is 35.2 Å². The molecule has 0 aliphatic carbocycles. The van der Waals surface area contributed by atoms with Crippen LogP contribution in [0.5, 0.6) is 0 Å². The van der Waals surface area contributed by atoms with Crippen molar-refractivity contribution in [3.63, 3.8) is 0 Å². The van der Waals surface area contributed by atoms with Crippen LogP contribution in [0.4, 0.5) is 16.4 Å². The van der Waals surface area contributed by atoms with Gasteiger partial charge in [-0.05, 0) is 50.1 Å². The molecule has 1 aliphatic rings. The molecular weight excluding hydrogens is 518 g/mol. The SMILES string of the molecule is CN(Cc1cccc(-c2cnc(N3CCN(c4ccnc(Cl)c4)CC3)nc2)c1)C(=O)CNC(=O)OC(C)(C)C. The van der Waals surface area contributed by atoms with Gasteiger partial charge in [0.2, 0.25) is 11.9 Å². The van der Waals surface area contributed by atoms with Gasteiger partial charge in [0.05, 0.1) is 0 Å². The average Bonchev–Trinajstić information content (AvgIpc) is 2.91. The summed E-state index contributed by atoms with van der Waals surface area (Å²) in [6.07, 6.45) is 4.77. The maximum absolute atomic E-state index is 12.5. The standard InChI is InChI=1S/C28H34ClN7O3/c1-28(2,3)39-27(38)33-18-25(37)34(4)19-20-6-5-7-21(14-20)22-16-31-26(32-17-22)36-12-10-35(11-13-36)23-8-9-30-24(29)15-23/h5-9,14-17H,10-13,18-19H2,1-4H3,(H,33,38). The van der Waals surface area contributed by atoms with Crippen LogP contribution in [0.15, 0.2) is 55.0 Å². The number of aromatic nitrogens is 3. The van der Waals surface area contributed by atoms with Crippen molar-refractivity contribution in [2.24, 2.45) is 0 Å². The van der Waals surface area contributed by atoms with Gasteiger partial charge in [0, 0.05) is 69.6 Å². The smallest absolute Gasteiger partial charge is 0.408 e. The fourth-order valence-electron chi connectivity index (χ4n) is 4.20. The lowest BCUT2D eigenvalue weighted by molar-refractivity contribution is -0.129. The van der Waals surface area contributed by atoms with Crippen LogP contribution in [-0.4, -0.2) is 77.2 Å². The van der Waals surface area contributed by atoms with Crippen molar-refractivity contribution in [2.75, 3.05) is 49.6 Å². The summed E-state index contributed by atoms with van der Waals surface area (Å²) >= 11 is 6.04. The molecule has 0 atom stereocenters. The number of nitrogens with one attached hydrogen (secondary N) is 1. The summed E-state index contributed by atoms with van der Waals surface area (Å²) in [5.74, 6) is 0.483. The minimum Gasteiger partial charge on any atom is -0.444 e. The van der Waals surface area contributed by atoms with Gasteiger partial charge in [0.1, 0.15) is 17.3 Å². The minimum absolute atomic E-state index is 0.134. The van der Waals surface area contributed by atoms with Crippen molar-refractivity contribution in [1.82, 2.24) is 25.2 Å². The van der Waals surface area contributed by atoms with Crippen LogP contribution in [-0.2, 0) is 16.1 Å². The van der Waals surface area contributed by atoms with Gasteiger partial charge in [0.25, 0.3) is 0 Å². The second-order valence-corrected chi connectivity index (χ2v) is 10.8. The number of rotatable bonds is 7. The molecule has 1 saturated heterocycles. The van der Waals surface area contributed by atoms with E-state index in [0.29, 0.717) is 17.6 Å². The van der Waals surface area contributed by atoms with Crippen LogP contribution in [0.2, 0.25) is 5.15 Å². The zero-order valence-electron chi connectivity index (χ0n) is 22.7. The van der Waals surface area contributed by atoms with Crippen molar-refractivity contribution in [3.05, 3.63) is 65.7 Å². The second-order valence-electron chi connectivity index (χ2n) is 10.4. The largest absolute Gasteiger partial charge is 0.444 e. The Bertz CT molecular complexity index is 1290. The quantitative estimate of drug-likeness (QED) is 0.439. The molecule has 206 valence electrons. The lowest BCUT2D eigenvalue weighted by Crippen LogP contribution is -2.47. The highest BCUT2D eigenvalue weighted by atomic mass is 35.5. The summed E-state index contributed by atoms with van der Waals surface area (Å²) in [7, 11) is 1.70. The molecule has 11 heteroatoms. The molecule has 39 heavy (non-hydrogen) atoms.